The first-order valence-corrected chi connectivity index (χ1v) is 8.25. The second-order valence-corrected chi connectivity index (χ2v) is 7.18. The lowest BCUT2D eigenvalue weighted by atomic mass is 10.1. The van der Waals surface area contributed by atoms with Gasteiger partial charge in [-0.15, -0.1) is 0 Å². The molecule has 0 spiro atoms. The van der Waals surface area contributed by atoms with E-state index in [2.05, 4.69) is 0 Å². The van der Waals surface area contributed by atoms with Gasteiger partial charge in [0.25, 0.3) is 10.1 Å². The highest BCUT2D eigenvalue weighted by atomic mass is 32.2. The van der Waals surface area contributed by atoms with Gasteiger partial charge in [0.2, 0.25) is 0 Å². The van der Waals surface area contributed by atoms with Crippen LogP contribution in [0.25, 0.3) is 0 Å². The summed E-state index contributed by atoms with van der Waals surface area (Å²) >= 11 is 0. The van der Waals surface area contributed by atoms with Crippen molar-refractivity contribution in [1.82, 2.24) is 4.90 Å². The van der Waals surface area contributed by atoms with Gasteiger partial charge in [-0.25, -0.2) is 0 Å². The minimum Gasteiger partial charge on any atom is -0.324 e. The van der Waals surface area contributed by atoms with Crippen molar-refractivity contribution in [3.8, 4) is 0 Å². The highest BCUT2D eigenvalue weighted by Crippen LogP contribution is 2.37. The molecule has 1 saturated heterocycles. The Hall–Kier alpha value is 0.0200. The van der Waals surface area contributed by atoms with Gasteiger partial charge >= 0.3 is 7.60 Å². The predicted molar refractivity (Wildman–Crippen MR) is 57.7 cm³/mol. The topological polar surface area (TPSA) is 115 Å². The number of rotatable bonds is 4. The molecule has 16 heavy (non-hydrogen) atoms. The normalized spacial score (nSPS) is 21.9. The average Bonchev–Trinajstić information content (AvgIpc) is 2.13. The van der Waals surface area contributed by atoms with Gasteiger partial charge < -0.3 is 9.79 Å². The third-order valence-electron chi connectivity index (χ3n) is 2.54. The number of piperidine rings is 1. The highest BCUT2D eigenvalue weighted by Gasteiger charge is 2.36. The molecule has 1 rings (SSSR count). The Labute approximate surface area is 94.4 Å². The van der Waals surface area contributed by atoms with Crippen LogP contribution >= 0.6 is 7.60 Å². The van der Waals surface area contributed by atoms with Crippen LogP contribution in [0.4, 0.5) is 0 Å². The van der Waals surface area contributed by atoms with E-state index in [4.69, 9.17) is 14.3 Å². The molecule has 0 aromatic rings. The van der Waals surface area contributed by atoms with Crippen LogP contribution in [0.3, 0.4) is 0 Å². The molecule has 0 saturated carbocycles. The number of nitrogens with zero attached hydrogens (tertiary/aromatic N) is 1. The fraction of sp³-hybridized carbons (Fsp3) is 1.00. The second-order valence-electron chi connectivity index (χ2n) is 3.91. The summed E-state index contributed by atoms with van der Waals surface area (Å²) < 4.78 is 42.0. The van der Waals surface area contributed by atoms with E-state index in [-0.39, 0.29) is 0 Å². The lowest BCUT2D eigenvalue weighted by Gasteiger charge is -2.32. The highest BCUT2D eigenvalue weighted by molar-refractivity contribution is 7.86. The van der Waals surface area contributed by atoms with Crippen LogP contribution in [0.15, 0.2) is 0 Å². The molecule has 1 aliphatic heterocycles. The molecular formula is C7H16NO6PS. The first kappa shape index (κ1) is 14.1. The molecule has 7 nitrogen and oxygen atoms in total. The molecule has 1 fully saturated rings. The minimum atomic E-state index is -4.47. The van der Waals surface area contributed by atoms with Crippen molar-refractivity contribution in [1.29, 1.82) is 0 Å². The summed E-state index contributed by atoms with van der Waals surface area (Å²) in [5.74, 6) is 0. The van der Waals surface area contributed by atoms with Crippen molar-refractivity contribution in [3.05, 3.63) is 0 Å². The zero-order chi connectivity index (χ0) is 12.4. The van der Waals surface area contributed by atoms with E-state index in [0.29, 0.717) is 13.1 Å². The fourth-order valence-electron chi connectivity index (χ4n) is 1.81. The van der Waals surface area contributed by atoms with Gasteiger partial charge in [0.1, 0.15) is 5.37 Å². The van der Waals surface area contributed by atoms with Gasteiger partial charge in [0.05, 0.1) is 6.16 Å². The van der Waals surface area contributed by atoms with Crippen molar-refractivity contribution in [3.63, 3.8) is 0 Å². The van der Waals surface area contributed by atoms with Crippen molar-refractivity contribution in [2.45, 2.75) is 24.6 Å². The Morgan fingerprint density at radius 3 is 2.06 bits per heavy atom. The first-order chi connectivity index (χ1) is 7.20. The minimum absolute atomic E-state index is 0.435. The van der Waals surface area contributed by atoms with Gasteiger partial charge in [0, 0.05) is 0 Å². The Balaban J connectivity index is 2.83. The number of hydrogen-bond donors (Lipinski definition) is 3. The Morgan fingerprint density at radius 2 is 1.69 bits per heavy atom. The van der Waals surface area contributed by atoms with Crippen LogP contribution in [-0.4, -0.2) is 52.3 Å². The Kier molecular flexibility index (Phi) is 4.50. The van der Waals surface area contributed by atoms with Gasteiger partial charge in [-0.1, -0.05) is 6.42 Å². The Morgan fingerprint density at radius 1 is 1.19 bits per heavy atom. The molecule has 0 aliphatic carbocycles. The van der Waals surface area contributed by atoms with Gasteiger partial charge in [0.15, 0.2) is 0 Å². The van der Waals surface area contributed by atoms with E-state index in [1.807, 2.05) is 0 Å². The third kappa shape index (κ3) is 4.48. The van der Waals surface area contributed by atoms with E-state index in [0.717, 1.165) is 19.3 Å². The number of hydrogen-bond acceptors (Lipinski definition) is 4. The molecule has 3 N–H and O–H groups in total. The summed E-state index contributed by atoms with van der Waals surface area (Å²) in [6.07, 6.45) is 1.65. The predicted octanol–water partition coefficient (Wildman–Crippen LogP) is -0.136. The molecule has 0 aromatic heterocycles. The first-order valence-electron chi connectivity index (χ1n) is 4.95. The fourth-order valence-corrected chi connectivity index (χ4v) is 4.37. The number of likely N-dealkylation sites (tertiary alicyclic amines) is 1. The monoisotopic (exact) mass is 273 g/mol. The molecule has 96 valence electrons. The Bertz CT molecular complexity index is 370. The summed E-state index contributed by atoms with van der Waals surface area (Å²) in [4.78, 5) is 19.0. The molecule has 0 bridgehead atoms. The summed E-state index contributed by atoms with van der Waals surface area (Å²) in [5, 5.41) is -1.49. The van der Waals surface area contributed by atoms with Crippen molar-refractivity contribution in [2.75, 3.05) is 19.3 Å². The van der Waals surface area contributed by atoms with Crippen LogP contribution in [-0.2, 0) is 14.7 Å². The van der Waals surface area contributed by atoms with Crippen molar-refractivity contribution < 1.29 is 27.3 Å². The SMILES string of the molecule is O=P(O)(O)CC(N1CCCCC1)S(=O)(=O)O. The lowest BCUT2D eigenvalue weighted by molar-refractivity contribution is 0.204. The maximum Gasteiger partial charge on any atom is 0.328 e. The summed E-state index contributed by atoms with van der Waals surface area (Å²) in [6.45, 7) is 0.870. The van der Waals surface area contributed by atoms with Crippen molar-refractivity contribution in [2.24, 2.45) is 0 Å². The molecular weight excluding hydrogens is 257 g/mol. The second kappa shape index (κ2) is 5.12. The molecule has 0 aromatic carbocycles. The lowest BCUT2D eigenvalue weighted by Crippen LogP contribution is -2.45. The molecule has 1 aliphatic rings. The van der Waals surface area contributed by atoms with Crippen LogP contribution in [0.2, 0.25) is 0 Å². The maximum atomic E-state index is 11.1. The van der Waals surface area contributed by atoms with Gasteiger partial charge in [-0.05, 0) is 25.9 Å². The van der Waals surface area contributed by atoms with Gasteiger partial charge in [-0.3, -0.25) is 14.0 Å². The van der Waals surface area contributed by atoms with Crippen LogP contribution in [0.1, 0.15) is 19.3 Å². The third-order valence-corrected chi connectivity index (χ3v) is 4.76. The van der Waals surface area contributed by atoms with Crippen molar-refractivity contribution >= 4 is 17.7 Å². The van der Waals surface area contributed by atoms with E-state index in [1.54, 1.807) is 0 Å². The average molecular weight is 273 g/mol. The summed E-state index contributed by atoms with van der Waals surface area (Å²) in [7, 11) is -8.93. The molecule has 1 unspecified atom stereocenters. The van der Waals surface area contributed by atoms with E-state index >= 15 is 0 Å². The van der Waals surface area contributed by atoms with Gasteiger partial charge in [-0.2, -0.15) is 8.42 Å². The van der Waals surface area contributed by atoms with E-state index in [1.165, 1.54) is 4.90 Å². The smallest absolute Gasteiger partial charge is 0.324 e. The van der Waals surface area contributed by atoms with E-state index < -0.39 is 29.2 Å². The summed E-state index contributed by atoms with van der Waals surface area (Å²) in [5.41, 5.74) is 0. The zero-order valence-corrected chi connectivity index (χ0v) is 10.4. The van der Waals surface area contributed by atoms with E-state index in [9.17, 15) is 13.0 Å². The zero-order valence-electron chi connectivity index (χ0n) is 8.69. The van der Waals surface area contributed by atoms with Crippen LogP contribution < -0.4 is 0 Å². The molecule has 0 radical (unpaired) electrons. The van der Waals surface area contributed by atoms with Crippen LogP contribution in [0, 0.1) is 0 Å². The molecule has 0 amide bonds. The quantitative estimate of drug-likeness (QED) is 0.482. The largest absolute Gasteiger partial charge is 0.328 e. The summed E-state index contributed by atoms with van der Waals surface area (Å²) in [6, 6.07) is 0. The van der Waals surface area contributed by atoms with Crippen LogP contribution in [0.5, 0.6) is 0 Å². The molecule has 9 heteroatoms. The molecule has 1 atom stereocenters. The standard InChI is InChI=1S/C7H16NO6PS/c9-15(10,11)6-7(16(12,13)14)8-4-2-1-3-5-8/h7H,1-6H2,(H2,9,10,11)(H,12,13,14). The maximum absolute atomic E-state index is 11.1. The molecule has 1 heterocycles.